The summed E-state index contributed by atoms with van der Waals surface area (Å²) in [4.78, 5) is 21.2. The maximum Gasteiger partial charge on any atom is 0.164 e. The fourth-order valence-corrected chi connectivity index (χ4v) is 5.45. The quantitative estimate of drug-likeness (QED) is 0.0912. The van der Waals surface area contributed by atoms with E-state index >= 15 is 0 Å². The molecule has 0 unspecified atom stereocenters. The van der Waals surface area contributed by atoms with E-state index in [1.54, 1.807) is 6.33 Å². The van der Waals surface area contributed by atoms with E-state index in [4.69, 9.17) is 4.42 Å². The Bertz CT molecular complexity index is 1820. The molecule has 6 heteroatoms. The first kappa shape index (κ1) is 37.9. The Labute approximate surface area is 294 Å². The van der Waals surface area contributed by atoms with Gasteiger partial charge in [-0.05, 0) is 31.1 Å². The molecule has 0 atom stereocenters. The van der Waals surface area contributed by atoms with Crippen molar-refractivity contribution >= 4 is 27.7 Å². The second-order valence-corrected chi connectivity index (χ2v) is 13.7. The molecule has 0 spiro atoms. The molecule has 1 N–H and O–H groups in total. The van der Waals surface area contributed by atoms with Crippen molar-refractivity contribution in [3.05, 3.63) is 96.5 Å². The Kier molecular flexibility index (Phi) is 12.5. The fourth-order valence-electron chi connectivity index (χ4n) is 5.45. The zero-order valence-electron chi connectivity index (χ0n) is 29.3. The number of ketones is 1. The molecule has 2 heterocycles. The topological polar surface area (TPSA) is 76.2 Å². The van der Waals surface area contributed by atoms with Gasteiger partial charge >= 0.3 is 0 Å². The van der Waals surface area contributed by atoms with E-state index < -0.39 is 0 Å². The van der Waals surface area contributed by atoms with Crippen LogP contribution in [0.4, 0.5) is 0 Å². The van der Waals surface area contributed by atoms with Gasteiger partial charge in [0.15, 0.2) is 5.78 Å². The Morgan fingerprint density at radius 1 is 0.830 bits per heavy atom. The van der Waals surface area contributed by atoms with E-state index in [0.717, 1.165) is 59.2 Å². The van der Waals surface area contributed by atoms with Crippen molar-refractivity contribution in [1.29, 1.82) is 0 Å². The van der Waals surface area contributed by atoms with Crippen molar-refractivity contribution in [1.82, 2.24) is 9.97 Å². The molecule has 0 saturated heterocycles. The van der Waals surface area contributed by atoms with Crippen LogP contribution in [-0.2, 0) is 30.3 Å². The number of aliphatic hydroxyl groups excluding tert-OH is 1. The molecule has 1 radical (unpaired) electrons. The SMILES string of the molecule is CC(C)(C)c1cc(-c2ncnc3cc(-c4ccccc4)oc23)[c-]c2ccccc12.CCC(C)(CC)C(=O)/C=C(\O)C(C)(CC)CC.[Ir]. The number of furan rings is 1. The summed E-state index contributed by atoms with van der Waals surface area (Å²) in [7, 11) is 0. The third-order valence-electron chi connectivity index (χ3n) is 9.81. The van der Waals surface area contributed by atoms with Crippen LogP contribution in [0.1, 0.15) is 93.6 Å². The van der Waals surface area contributed by atoms with Crippen LogP contribution in [0, 0.1) is 16.9 Å². The van der Waals surface area contributed by atoms with Crippen LogP contribution in [0.3, 0.4) is 0 Å². The van der Waals surface area contributed by atoms with Crippen molar-refractivity contribution in [2.24, 2.45) is 10.8 Å². The molecular formula is C41H49IrN2O3-. The first-order valence-electron chi connectivity index (χ1n) is 16.5. The summed E-state index contributed by atoms with van der Waals surface area (Å²) in [6.07, 6.45) is 6.35. The van der Waals surface area contributed by atoms with Crippen LogP contribution in [0.2, 0.25) is 0 Å². The molecule has 251 valence electrons. The van der Waals surface area contributed by atoms with Crippen LogP contribution in [0.25, 0.3) is 44.5 Å². The summed E-state index contributed by atoms with van der Waals surface area (Å²) >= 11 is 0. The summed E-state index contributed by atoms with van der Waals surface area (Å²) in [6.45, 7) is 18.8. The number of hydrogen-bond acceptors (Lipinski definition) is 5. The zero-order chi connectivity index (χ0) is 33.7. The van der Waals surface area contributed by atoms with Crippen LogP contribution >= 0.6 is 0 Å². The number of fused-ring (bicyclic) bond motifs is 2. The van der Waals surface area contributed by atoms with Crippen LogP contribution in [0.15, 0.2) is 89.3 Å². The standard InChI is InChI=1S/C26H21N2O.C15H28O2.Ir/c1-26(2,3)21-14-19(13-18-11-7-8-12-20(18)21)24-25-22(27-16-28-24)15-23(29-25)17-9-5-4-6-10-17;1-7-14(5,8-2)12(16)11-13(17)15(6,9-3)10-4;/h4-12,14-16H,1-3H3;11,16H,7-10H2,1-6H3;/q-1;;/b;12-11-;. The molecule has 0 fully saturated rings. The first-order valence-corrected chi connectivity index (χ1v) is 16.5. The molecule has 0 aliphatic rings. The second kappa shape index (κ2) is 15.5. The minimum absolute atomic E-state index is 0. The summed E-state index contributed by atoms with van der Waals surface area (Å²) in [5.74, 6) is 1.08. The van der Waals surface area contributed by atoms with Gasteiger partial charge in [0.05, 0.1) is 5.69 Å². The summed E-state index contributed by atoms with van der Waals surface area (Å²) < 4.78 is 6.23. The fraction of sp³-hybridized carbons (Fsp3) is 0.390. The number of nitrogens with zero attached hydrogens (tertiary/aromatic N) is 2. The van der Waals surface area contributed by atoms with Gasteiger partial charge in [-0.3, -0.25) is 9.78 Å². The molecule has 0 aliphatic carbocycles. The number of aliphatic hydroxyl groups is 1. The predicted molar refractivity (Wildman–Crippen MR) is 191 cm³/mol. The monoisotopic (exact) mass is 810 g/mol. The zero-order valence-corrected chi connectivity index (χ0v) is 31.7. The van der Waals surface area contributed by atoms with Gasteiger partial charge in [0.1, 0.15) is 28.9 Å². The minimum atomic E-state index is -0.337. The maximum atomic E-state index is 12.2. The van der Waals surface area contributed by atoms with E-state index in [2.05, 4.69) is 61.1 Å². The van der Waals surface area contributed by atoms with Gasteiger partial charge in [0.2, 0.25) is 0 Å². The number of rotatable bonds is 9. The molecule has 5 nitrogen and oxygen atoms in total. The Morgan fingerprint density at radius 3 is 2.02 bits per heavy atom. The van der Waals surface area contributed by atoms with Crippen molar-refractivity contribution in [2.45, 2.75) is 93.4 Å². The van der Waals surface area contributed by atoms with Gasteiger partial charge in [0, 0.05) is 48.6 Å². The van der Waals surface area contributed by atoms with Gasteiger partial charge in [-0.25, -0.2) is 4.98 Å². The van der Waals surface area contributed by atoms with Crippen LogP contribution < -0.4 is 0 Å². The van der Waals surface area contributed by atoms with Crippen LogP contribution in [-0.4, -0.2) is 20.9 Å². The van der Waals surface area contributed by atoms with Gasteiger partial charge < -0.3 is 9.52 Å². The summed E-state index contributed by atoms with van der Waals surface area (Å²) in [5, 5.41) is 12.4. The minimum Gasteiger partial charge on any atom is -0.512 e. The predicted octanol–water partition coefficient (Wildman–Crippen LogP) is 11.5. The molecule has 0 bridgehead atoms. The average molecular weight is 810 g/mol. The third-order valence-corrected chi connectivity index (χ3v) is 9.81. The molecule has 0 saturated carbocycles. The van der Waals surface area contributed by atoms with Crippen LogP contribution in [0.5, 0.6) is 0 Å². The molecule has 0 aliphatic heterocycles. The largest absolute Gasteiger partial charge is 0.512 e. The van der Waals surface area contributed by atoms with Crippen molar-refractivity contribution in [3.8, 4) is 22.6 Å². The molecule has 47 heavy (non-hydrogen) atoms. The second-order valence-electron chi connectivity index (χ2n) is 13.7. The number of aromatic nitrogens is 2. The number of carbonyl (C=O) groups excluding carboxylic acids is 1. The number of allylic oxidation sites excluding steroid dienone is 2. The number of hydrogen-bond donors (Lipinski definition) is 1. The van der Waals surface area contributed by atoms with Gasteiger partial charge in [0.25, 0.3) is 0 Å². The normalized spacial score (nSPS) is 12.4. The van der Waals surface area contributed by atoms with Gasteiger partial charge in [-0.2, -0.15) is 0 Å². The van der Waals surface area contributed by atoms with E-state index in [9.17, 15) is 9.90 Å². The Balaban J connectivity index is 0.000000290. The molecule has 2 aromatic heterocycles. The van der Waals surface area contributed by atoms with Crippen molar-refractivity contribution in [3.63, 3.8) is 0 Å². The number of carbonyl (C=O) groups is 1. The number of benzene rings is 3. The molecular weight excluding hydrogens is 761 g/mol. The Morgan fingerprint density at radius 2 is 1.43 bits per heavy atom. The van der Waals surface area contributed by atoms with E-state index in [0.29, 0.717) is 5.58 Å². The molecule has 5 rings (SSSR count). The average Bonchev–Trinajstić information content (AvgIpc) is 3.52. The van der Waals surface area contributed by atoms with Gasteiger partial charge in [-0.1, -0.05) is 122 Å². The third kappa shape index (κ3) is 8.28. The first-order chi connectivity index (χ1) is 21.8. The van der Waals surface area contributed by atoms with E-state index in [-0.39, 0.29) is 47.9 Å². The van der Waals surface area contributed by atoms with E-state index in [1.165, 1.54) is 17.0 Å². The molecule has 3 aromatic carbocycles. The Hall–Kier alpha value is -3.60. The van der Waals surface area contributed by atoms with Crippen molar-refractivity contribution < 1.29 is 34.4 Å². The van der Waals surface area contributed by atoms with E-state index in [1.807, 2.05) is 84.0 Å². The van der Waals surface area contributed by atoms with Gasteiger partial charge in [-0.15, -0.1) is 29.1 Å². The van der Waals surface area contributed by atoms with Crippen molar-refractivity contribution in [2.75, 3.05) is 0 Å². The smallest absolute Gasteiger partial charge is 0.164 e. The maximum absolute atomic E-state index is 12.2. The molecule has 0 amide bonds. The summed E-state index contributed by atoms with van der Waals surface area (Å²) in [5.41, 5.74) is 4.87. The molecule has 5 aromatic rings. The summed E-state index contributed by atoms with van der Waals surface area (Å²) in [6, 6.07) is 26.2.